The molecular formula is C4H8N4S. The average Bonchev–Trinajstić information content (AvgIpc) is 2.22. The third kappa shape index (κ3) is 0.772. The SMILES string of the molecule is S=C1N[C@@H]2NCN[C@H]2N1. The summed E-state index contributed by atoms with van der Waals surface area (Å²) in [5, 5.41) is 13.2. The van der Waals surface area contributed by atoms with Gasteiger partial charge in [0.2, 0.25) is 0 Å². The van der Waals surface area contributed by atoms with E-state index < -0.39 is 0 Å². The second-order valence-corrected chi connectivity index (χ2v) is 2.57. The third-order valence-electron chi connectivity index (χ3n) is 1.55. The van der Waals surface area contributed by atoms with E-state index in [0.29, 0.717) is 0 Å². The Morgan fingerprint density at radius 3 is 2.33 bits per heavy atom. The molecular weight excluding hydrogens is 136 g/mol. The molecule has 0 aromatic carbocycles. The van der Waals surface area contributed by atoms with Crippen molar-refractivity contribution in [2.45, 2.75) is 12.3 Å². The van der Waals surface area contributed by atoms with Crippen LogP contribution in [0.3, 0.4) is 0 Å². The van der Waals surface area contributed by atoms with Gasteiger partial charge in [-0.25, -0.2) is 0 Å². The van der Waals surface area contributed by atoms with Gasteiger partial charge in [0.15, 0.2) is 5.11 Å². The Kier molecular flexibility index (Phi) is 1.08. The van der Waals surface area contributed by atoms with E-state index in [1.807, 2.05) is 0 Å². The number of fused-ring (bicyclic) bond motifs is 1. The molecule has 0 aromatic heterocycles. The van der Waals surface area contributed by atoms with Crippen LogP contribution in [0.25, 0.3) is 0 Å². The van der Waals surface area contributed by atoms with Crippen molar-refractivity contribution in [1.82, 2.24) is 21.3 Å². The Morgan fingerprint density at radius 2 is 1.78 bits per heavy atom. The number of hydrogen-bond donors (Lipinski definition) is 4. The summed E-state index contributed by atoms with van der Waals surface area (Å²) in [6, 6.07) is 0. The molecule has 2 heterocycles. The third-order valence-corrected chi connectivity index (χ3v) is 1.79. The molecule has 2 aliphatic rings. The van der Waals surface area contributed by atoms with Gasteiger partial charge in [-0.2, -0.15) is 0 Å². The highest BCUT2D eigenvalue weighted by molar-refractivity contribution is 7.80. The minimum atomic E-state index is 0.289. The van der Waals surface area contributed by atoms with Crippen LogP contribution in [-0.4, -0.2) is 24.1 Å². The Balaban J connectivity index is 2.09. The van der Waals surface area contributed by atoms with Crippen molar-refractivity contribution in [2.75, 3.05) is 6.67 Å². The lowest BCUT2D eigenvalue weighted by Gasteiger charge is -2.04. The molecule has 4 N–H and O–H groups in total. The maximum absolute atomic E-state index is 4.87. The van der Waals surface area contributed by atoms with Gasteiger partial charge in [0.25, 0.3) is 0 Å². The molecule has 5 heteroatoms. The molecule has 2 atom stereocenters. The van der Waals surface area contributed by atoms with Gasteiger partial charge in [-0.05, 0) is 12.2 Å². The largest absolute Gasteiger partial charge is 0.344 e. The predicted octanol–water partition coefficient (Wildman–Crippen LogP) is -1.73. The average molecular weight is 144 g/mol. The molecule has 4 nitrogen and oxygen atoms in total. The quantitative estimate of drug-likeness (QED) is 0.304. The molecule has 2 aliphatic heterocycles. The Hall–Kier alpha value is -0.390. The van der Waals surface area contributed by atoms with Crippen LogP contribution in [0, 0.1) is 0 Å². The van der Waals surface area contributed by atoms with E-state index in [0.717, 1.165) is 11.8 Å². The van der Waals surface area contributed by atoms with Crippen molar-refractivity contribution in [3.05, 3.63) is 0 Å². The molecule has 50 valence electrons. The molecule has 2 rings (SSSR count). The zero-order valence-electron chi connectivity index (χ0n) is 4.77. The maximum atomic E-state index is 4.87. The van der Waals surface area contributed by atoms with Crippen molar-refractivity contribution >= 4 is 17.3 Å². The van der Waals surface area contributed by atoms with E-state index in [1.165, 1.54) is 0 Å². The Labute approximate surface area is 58.4 Å². The fraction of sp³-hybridized carbons (Fsp3) is 0.750. The second-order valence-electron chi connectivity index (χ2n) is 2.16. The molecule has 0 radical (unpaired) electrons. The van der Waals surface area contributed by atoms with Crippen LogP contribution in [0.15, 0.2) is 0 Å². The minimum absolute atomic E-state index is 0.289. The smallest absolute Gasteiger partial charge is 0.168 e. The van der Waals surface area contributed by atoms with Crippen molar-refractivity contribution in [1.29, 1.82) is 0 Å². The highest BCUT2D eigenvalue weighted by atomic mass is 32.1. The fourth-order valence-electron chi connectivity index (χ4n) is 1.11. The van der Waals surface area contributed by atoms with Crippen LogP contribution in [0.4, 0.5) is 0 Å². The van der Waals surface area contributed by atoms with Gasteiger partial charge in [-0.3, -0.25) is 10.6 Å². The van der Waals surface area contributed by atoms with Gasteiger partial charge in [0, 0.05) is 6.67 Å². The fourth-order valence-corrected chi connectivity index (χ4v) is 1.36. The zero-order chi connectivity index (χ0) is 6.27. The molecule has 0 amide bonds. The lowest BCUT2D eigenvalue weighted by molar-refractivity contribution is 0.522. The van der Waals surface area contributed by atoms with Gasteiger partial charge in [-0.15, -0.1) is 0 Å². The lowest BCUT2D eigenvalue weighted by atomic mass is 10.4. The highest BCUT2D eigenvalue weighted by Crippen LogP contribution is 1.98. The van der Waals surface area contributed by atoms with Crippen LogP contribution >= 0.6 is 12.2 Å². The highest BCUT2D eigenvalue weighted by Gasteiger charge is 2.32. The first-order chi connectivity index (χ1) is 4.36. The first-order valence-electron chi connectivity index (χ1n) is 2.90. The van der Waals surface area contributed by atoms with Crippen LogP contribution in [0.2, 0.25) is 0 Å². The standard InChI is InChI=1S/C4H8N4S/c9-4-7-2-3(8-4)6-1-5-2/h2-3,5-6H,1H2,(H2,7,8,9)/t2-,3-/m0/s1. The van der Waals surface area contributed by atoms with Crippen molar-refractivity contribution in [3.8, 4) is 0 Å². The van der Waals surface area contributed by atoms with Gasteiger partial charge >= 0.3 is 0 Å². The van der Waals surface area contributed by atoms with Crippen molar-refractivity contribution < 1.29 is 0 Å². The van der Waals surface area contributed by atoms with E-state index in [9.17, 15) is 0 Å². The van der Waals surface area contributed by atoms with Crippen LogP contribution in [0.5, 0.6) is 0 Å². The van der Waals surface area contributed by atoms with Gasteiger partial charge in [0.1, 0.15) is 12.3 Å². The van der Waals surface area contributed by atoms with Crippen LogP contribution in [-0.2, 0) is 0 Å². The van der Waals surface area contributed by atoms with Crippen molar-refractivity contribution in [2.24, 2.45) is 0 Å². The lowest BCUT2D eigenvalue weighted by Crippen LogP contribution is -2.39. The summed E-state index contributed by atoms with van der Waals surface area (Å²) in [4.78, 5) is 0. The Morgan fingerprint density at radius 1 is 1.22 bits per heavy atom. The summed E-state index contributed by atoms with van der Waals surface area (Å²) in [7, 11) is 0. The normalized spacial score (nSPS) is 39.8. The second kappa shape index (κ2) is 1.80. The first-order valence-corrected chi connectivity index (χ1v) is 3.31. The van der Waals surface area contributed by atoms with Crippen molar-refractivity contribution in [3.63, 3.8) is 0 Å². The molecule has 0 unspecified atom stereocenters. The molecule has 2 fully saturated rings. The van der Waals surface area contributed by atoms with Gasteiger partial charge < -0.3 is 10.6 Å². The van der Waals surface area contributed by atoms with Gasteiger partial charge in [0.05, 0.1) is 0 Å². The van der Waals surface area contributed by atoms with E-state index in [2.05, 4.69) is 21.3 Å². The molecule has 2 saturated heterocycles. The molecule has 0 bridgehead atoms. The molecule has 0 spiro atoms. The number of hydrogen-bond acceptors (Lipinski definition) is 3. The van der Waals surface area contributed by atoms with E-state index >= 15 is 0 Å². The maximum Gasteiger partial charge on any atom is 0.168 e. The number of rotatable bonds is 0. The molecule has 0 aliphatic carbocycles. The summed E-state index contributed by atoms with van der Waals surface area (Å²) < 4.78 is 0. The van der Waals surface area contributed by atoms with Crippen LogP contribution < -0.4 is 21.3 Å². The summed E-state index contributed by atoms with van der Waals surface area (Å²) in [5.41, 5.74) is 0. The number of nitrogens with one attached hydrogen (secondary N) is 4. The zero-order valence-corrected chi connectivity index (χ0v) is 5.59. The summed E-state index contributed by atoms with van der Waals surface area (Å²) >= 11 is 4.87. The van der Waals surface area contributed by atoms with E-state index in [1.54, 1.807) is 0 Å². The first kappa shape index (κ1) is 5.40. The predicted molar refractivity (Wildman–Crippen MR) is 37.6 cm³/mol. The van der Waals surface area contributed by atoms with Gasteiger partial charge in [-0.1, -0.05) is 0 Å². The molecule has 9 heavy (non-hydrogen) atoms. The Bertz CT molecular complexity index is 134. The summed E-state index contributed by atoms with van der Waals surface area (Å²) in [5.74, 6) is 0. The van der Waals surface area contributed by atoms with E-state index in [4.69, 9.17) is 12.2 Å². The van der Waals surface area contributed by atoms with Crippen LogP contribution in [0.1, 0.15) is 0 Å². The topological polar surface area (TPSA) is 48.1 Å². The minimum Gasteiger partial charge on any atom is -0.344 e. The molecule has 0 aromatic rings. The summed E-state index contributed by atoms with van der Waals surface area (Å²) in [6.07, 6.45) is 0.579. The van der Waals surface area contributed by atoms with E-state index in [-0.39, 0.29) is 12.3 Å². The molecule has 0 saturated carbocycles. The summed E-state index contributed by atoms with van der Waals surface area (Å²) in [6.45, 7) is 0.845. The monoisotopic (exact) mass is 144 g/mol. The number of thiocarbonyl (C=S) groups is 1.